The summed E-state index contributed by atoms with van der Waals surface area (Å²) < 4.78 is 7.70. The first kappa shape index (κ1) is 21.0. The van der Waals surface area contributed by atoms with Crippen LogP contribution in [-0.4, -0.2) is 32.1 Å². The van der Waals surface area contributed by atoms with Crippen LogP contribution in [0.25, 0.3) is 10.9 Å². The number of ether oxygens (including phenoxy) is 1. The molecule has 1 aromatic carbocycles. The van der Waals surface area contributed by atoms with Crippen LogP contribution in [0.4, 0.5) is 0 Å². The van der Waals surface area contributed by atoms with Crippen molar-refractivity contribution in [2.75, 3.05) is 7.11 Å². The largest absolute Gasteiger partial charge is 0.497 e. The van der Waals surface area contributed by atoms with Crippen LogP contribution in [0, 0.1) is 0 Å². The average molecular weight is 431 g/mol. The number of nitrogens with zero attached hydrogens (tertiary/aromatic N) is 4. The molecule has 3 heterocycles. The molecule has 0 aliphatic heterocycles. The summed E-state index contributed by atoms with van der Waals surface area (Å²) in [6, 6.07) is 12.2. The van der Waals surface area contributed by atoms with E-state index in [1.807, 2.05) is 12.1 Å². The van der Waals surface area contributed by atoms with Gasteiger partial charge in [0.05, 0.1) is 30.8 Å². The SMILES string of the molecule is COc1cccc(Cn2c(=O)c3cc(C(=O)NCc4cccnc4)ncc3n(C)c2=O)c1. The Labute approximate surface area is 182 Å². The molecule has 0 unspecified atom stereocenters. The van der Waals surface area contributed by atoms with Gasteiger partial charge in [0.15, 0.2) is 0 Å². The molecule has 3 aromatic heterocycles. The van der Waals surface area contributed by atoms with E-state index in [1.54, 1.807) is 50.8 Å². The van der Waals surface area contributed by atoms with Crippen LogP contribution in [0.5, 0.6) is 5.75 Å². The number of rotatable bonds is 6. The molecule has 0 spiro atoms. The van der Waals surface area contributed by atoms with Gasteiger partial charge in [-0.15, -0.1) is 0 Å². The molecule has 1 N–H and O–H groups in total. The van der Waals surface area contributed by atoms with Crippen molar-refractivity contribution >= 4 is 16.8 Å². The standard InChI is InChI=1S/C23H21N5O4/c1-27-20-13-25-19(21(29)26-12-16-6-4-8-24-11-16)10-18(20)22(30)28(23(27)31)14-15-5-3-7-17(9-15)32-2/h3-11,13H,12,14H2,1-2H3,(H,26,29). The predicted octanol–water partition coefficient (Wildman–Crippen LogP) is 1.48. The topological polar surface area (TPSA) is 108 Å². The second kappa shape index (κ2) is 8.84. The highest BCUT2D eigenvalue weighted by Crippen LogP contribution is 2.14. The smallest absolute Gasteiger partial charge is 0.331 e. The van der Waals surface area contributed by atoms with E-state index in [0.717, 1.165) is 15.7 Å². The molecule has 4 rings (SSSR count). The van der Waals surface area contributed by atoms with E-state index >= 15 is 0 Å². The second-order valence-electron chi connectivity index (χ2n) is 7.22. The van der Waals surface area contributed by atoms with Gasteiger partial charge < -0.3 is 10.1 Å². The molecule has 0 saturated carbocycles. The summed E-state index contributed by atoms with van der Waals surface area (Å²) in [6.45, 7) is 0.350. The maximum absolute atomic E-state index is 13.2. The molecule has 0 saturated heterocycles. The van der Waals surface area contributed by atoms with Crippen LogP contribution in [0.15, 0.2) is 70.6 Å². The Morgan fingerprint density at radius 2 is 1.91 bits per heavy atom. The number of hydrogen-bond donors (Lipinski definition) is 1. The summed E-state index contributed by atoms with van der Waals surface area (Å²) in [7, 11) is 3.12. The van der Waals surface area contributed by atoms with Gasteiger partial charge in [-0.25, -0.2) is 9.78 Å². The zero-order chi connectivity index (χ0) is 22.7. The van der Waals surface area contributed by atoms with Crippen LogP contribution >= 0.6 is 0 Å². The number of nitrogens with one attached hydrogen (secondary N) is 1. The summed E-state index contributed by atoms with van der Waals surface area (Å²) in [5, 5.41) is 2.99. The highest BCUT2D eigenvalue weighted by molar-refractivity contribution is 5.95. The molecular weight excluding hydrogens is 410 g/mol. The van der Waals surface area contributed by atoms with Gasteiger partial charge in [-0.2, -0.15) is 0 Å². The quantitative estimate of drug-likeness (QED) is 0.495. The van der Waals surface area contributed by atoms with Crippen molar-refractivity contribution in [1.29, 1.82) is 0 Å². The molecule has 9 heteroatoms. The third-order valence-corrected chi connectivity index (χ3v) is 5.12. The molecule has 0 aliphatic carbocycles. The van der Waals surface area contributed by atoms with Gasteiger partial charge >= 0.3 is 5.69 Å². The number of fused-ring (bicyclic) bond motifs is 1. The molecule has 0 fully saturated rings. The monoisotopic (exact) mass is 431 g/mol. The van der Waals surface area contributed by atoms with Gasteiger partial charge in [0.1, 0.15) is 11.4 Å². The van der Waals surface area contributed by atoms with Gasteiger partial charge in [0, 0.05) is 26.0 Å². The summed E-state index contributed by atoms with van der Waals surface area (Å²) in [6.07, 6.45) is 4.67. The lowest BCUT2D eigenvalue weighted by Crippen LogP contribution is -2.39. The molecule has 32 heavy (non-hydrogen) atoms. The fraction of sp³-hybridized carbons (Fsp3) is 0.174. The summed E-state index contributed by atoms with van der Waals surface area (Å²) in [5.74, 6) is 0.202. The number of benzene rings is 1. The van der Waals surface area contributed by atoms with Crippen molar-refractivity contribution < 1.29 is 9.53 Å². The minimum absolute atomic E-state index is 0.0729. The molecule has 0 atom stereocenters. The number of pyridine rings is 2. The van der Waals surface area contributed by atoms with E-state index in [1.165, 1.54) is 16.8 Å². The first-order valence-corrected chi connectivity index (χ1v) is 9.87. The van der Waals surface area contributed by atoms with Crippen molar-refractivity contribution in [1.82, 2.24) is 24.4 Å². The van der Waals surface area contributed by atoms with Gasteiger partial charge in [-0.3, -0.25) is 23.7 Å². The minimum Gasteiger partial charge on any atom is -0.497 e. The Hall–Kier alpha value is -4.27. The van der Waals surface area contributed by atoms with Crippen molar-refractivity contribution in [2.45, 2.75) is 13.1 Å². The highest BCUT2D eigenvalue weighted by atomic mass is 16.5. The van der Waals surface area contributed by atoms with Gasteiger partial charge in [-0.1, -0.05) is 18.2 Å². The van der Waals surface area contributed by atoms with Crippen LogP contribution in [0.3, 0.4) is 0 Å². The Morgan fingerprint density at radius 3 is 2.66 bits per heavy atom. The number of aromatic nitrogens is 4. The minimum atomic E-state index is -0.491. The number of carbonyl (C=O) groups excluding carboxylic acids is 1. The summed E-state index contributed by atoms with van der Waals surface area (Å²) in [5.41, 5.74) is 1.06. The van der Waals surface area contributed by atoms with E-state index in [-0.39, 0.29) is 24.2 Å². The third kappa shape index (κ3) is 4.13. The highest BCUT2D eigenvalue weighted by Gasteiger charge is 2.15. The first-order chi connectivity index (χ1) is 15.5. The average Bonchev–Trinajstić information content (AvgIpc) is 2.84. The van der Waals surface area contributed by atoms with Crippen molar-refractivity contribution in [3.05, 3.63) is 98.7 Å². The van der Waals surface area contributed by atoms with Crippen LogP contribution < -0.4 is 21.3 Å². The Balaban J connectivity index is 1.69. The molecule has 4 aromatic rings. The van der Waals surface area contributed by atoms with Gasteiger partial charge in [0.25, 0.3) is 11.5 Å². The zero-order valence-corrected chi connectivity index (χ0v) is 17.6. The first-order valence-electron chi connectivity index (χ1n) is 9.87. The summed E-state index contributed by atoms with van der Waals surface area (Å²) >= 11 is 0. The van der Waals surface area contributed by atoms with Crippen molar-refractivity contribution in [2.24, 2.45) is 7.05 Å². The van der Waals surface area contributed by atoms with E-state index in [0.29, 0.717) is 11.3 Å². The number of amides is 1. The van der Waals surface area contributed by atoms with Crippen LogP contribution in [0.2, 0.25) is 0 Å². The van der Waals surface area contributed by atoms with Gasteiger partial charge in [-0.05, 0) is 35.4 Å². The van der Waals surface area contributed by atoms with E-state index in [9.17, 15) is 14.4 Å². The molecule has 0 aliphatic rings. The van der Waals surface area contributed by atoms with Crippen LogP contribution in [-0.2, 0) is 20.1 Å². The Bertz CT molecular complexity index is 1410. The van der Waals surface area contributed by atoms with E-state index < -0.39 is 17.2 Å². The Kier molecular flexibility index (Phi) is 5.80. The fourth-order valence-electron chi connectivity index (χ4n) is 3.40. The predicted molar refractivity (Wildman–Crippen MR) is 119 cm³/mol. The number of aryl methyl sites for hydroxylation is 1. The number of carbonyl (C=O) groups is 1. The molecule has 0 bridgehead atoms. The second-order valence-corrected chi connectivity index (χ2v) is 7.22. The van der Waals surface area contributed by atoms with Gasteiger partial charge in [0.2, 0.25) is 0 Å². The van der Waals surface area contributed by atoms with Crippen molar-refractivity contribution in [3.8, 4) is 5.75 Å². The number of methoxy groups -OCH3 is 1. The zero-order valence-electron chi connectivity index (χ0n) is 17.6. The molecule has 9 nitrogen and oxygen atoms in total. The maximum Gasteiger partial charge on any atom is 0.331 e. The molecule has 162 valence electrons. The lowest BCUT2D eigenvalue weighted by molar-refractivity contribution is 0.0946. The third-order valence-electron chi connectivity index (χ3n) is 5.12. The fourth-order valence-corrected chi connectivity index (χ4v) is 3.40. The normalized spacial score (nSPS) is 10.8. The molecule has 1 amide bonds. The Morgan fingerprint density at radius 1 is 1.09 bits per heavy atom. The van der Waals surface area contributed by atoms with E-state index in [4.69, 9.17) is 4.74 Å². The number of hydrogen-bond acceptors (Lipinski definition) is 6. The molecular formula is C23H21N5O4. The summed E-state index contributed by atoms with van der Waals surface area (Å²) in [4.78, 5) is 46.7. The lowest BCUT2D eigenvalue weighted by atomic mass is 10.2. The van der Waals surface area contributed by atoms with E-state index in [2.05, 4.69) is 15.3 Å². The van der Waals surface area contributed by atoms with Crippen LogP contribution in [0.1, 0.15) is 21.6 Å². The lowest BCUT2D eigenvalue weighted by Gasteiger charge is -2.12. The molecule has 0 radical (unpaired) electrons. The van der Waals surface area contributed by atoms with Crippen molar-refractivity contribution in [3.63, 3.8) is 0 Å². The maximum atomic E-state index is 13.2.